The molecular formula is C11H13NO2. The Bertz CT molecular complexity index is 358. The van der Waals surface area contributed by atoms with Gasteiger partial charge in [0.05, 0.1) is 0 Å². The van der Waals surface area contributed by atoms with Crippen LogP contribution < -0.4 is 5.73 Å². The number of amides is 1. The van der Waals surface area contributed by atoms with Gasteiger partial charge in [-0.25, -0.2) is 0 Å². The quantitative estimate of drug-likeness (QED) is 0.732. The van der Waals surface area contributed by atoms with Gasteiger partial charge in [0.2, 0.25) is 5.91 Å². The van der Waals surface area contributed by atoms with Gasteiger partial charge in [-0.2, -0.15) is 0 Å². The zero-order valence-corrected chi connectivity index (χ0v) is 8.12. The highest BCUT2D eigenvalue weighted by atomic mass is 16.1. The maximum Gasteiger partial charge on any atom is 0.217 e. The summed E-state index contributed by atoms with van der Waals surface area (Å²) in [5.74, 6) is -0.464. The predicted octanol–water partition coefficient (Wildman–Crippen LogP) is 1.44. The Morgan fingerprint density at radius 1 is 1.21 bits per heavy atom. The van der Waals surface area contributed by atoms with Crippen molar-refractivity contribution in [2.45, 2.75) is 19.8 Å². The summed E-state index contributed by atoms with van der Waals surface area (Å²) >= 11 is 0. The maximum atomic E-state index is 11.6. The molecule has 3 nitrogen and oxygen atoms in total. The third-order valence-corrected chi connectivity index (χ3v) is 2.04. The summed E-state index contributed by atoms with van der Waals surface area (Å²) < 4.78 is 0. The molecule has 3 heteroatoms. The van der Waals surface area contributed by atoms with Crippen molar-refractivity contribution in [3.63, 3.8) is 0 Å². The Kier molecular flexibility index (Phi) is 3.40. The first-order chi connectivity index (χ1) is 6.61. The van der Waals surface area contributed by atoms with Gasteiger partial charge in [-0.05, 0) is 12.5 Å². The number of hydrogen-bond donors (Lipinski definition) is 1. The Morgan fingerprint density at radius 3 is 2.43 bits per heavy atom. The zero-order chi connectivity index (χ0) is 10.6. The van der Waals surface area contributed by atoms with Crippen LogP contribution in [0.1, 0.15) is 28.8 Å². The van der Waals surface area contributed by atoms with Gasteiger partial charge in [-0.15, -0.1) is 0 Å². The molecule has 0 fully saturated rings. The number of rotatable bonds is 4. The van der Waals surface area contributed by atoms with Gasteiger partial charge in [0, 0.05) is 18.4 Å². The molecule has 0 unspecified atom stereocenters. The van der Waals surface area contributed by atoms with E-state index in [1.54, 1.807) is 6.07 Å². The standard InChI is InChI=1S/C11H13NO2/c1-8-4-2-3-5-9(8)10(13)6-7-11(12)14/h2-5H,6-7H2,1H3,(H2,12,14). The van der Waals surface area contributed by atoms with Gasteiger partial charge in [-0.1, -0.05) is 24.3 Å². The van der Waals surface area contributed by atoms with Gasteiger partial charge >= 0.3 is 0 Å². The molecule has 0 aliphatic carbocycles. The van der Waals surface area contributed by atoms with E-state index in [4.69, 9.17) is 5.73 Å². The molecule has 74 valence electrons. The Hall–Kier alpha value is -1.64. The van der Waals surface area contributed by atoms with Crippen LogP contribution >= 0.6 is 0 Å². The molecule has 14 heavy (non-hydrogen) atoms. The van der Waals surface area contributed by atoms with Crippen molar-refractivity contribution in [2.24, 2.45) is 5.73 Å². The third-order valence-electron chi connectivity index (χ3n) is 2.04. The normalized spacial score (nSPS) is 9.79. The average Bonchev–Trinajstić information content (AvgIpc) is 2.15. The van der Waals surface area contributed by atoms with Gasteiger partial charge in [0.25, 0.3) is 0 Å². The van der Waals surface area contributed by atoms with E-state index in [-0.39, 0.29) is 18.6 Å². The van der Waals surface area contributed by atoms with E-state index in [1.165, 1.54) is 0 Å². The summed E-state index contributed by atoms with van der Waals surface area (Å²) in [5, 5.41) is 0. The van der Waals surface area contributed by atoms with E-state index in [2.05, 4.69) is 0 Å². The molecule has 1 rings (SSSR count). The number of carbonyl (C=O) groups is 2. The molecule has 0 radical (unpaired) electrons. The number of Topliss-reactive ketones (excluding diaryl/α,β-unsaturated/α-hetero) is 1. The van der Waals surface area contributed by atoms with E-state index in [0.717, 1.165) is 5.56 Å². The van der Waals surface area contributed by atoms with Crippen molar-refractivity contribution in [1.29, 1.82) is 0 Å². The Balaban J connectivity index is 2.70. The number of primary amides is 1. The molecule has 0 atom stereocenters. The van der Waals surface area contributed by atoms with Crippen molar-refractivity contribution in [2.75, 3.05) is 0 Å². The van der Waals surface area contributed by atoms with Crippen molar-refractivity contribution in [3.8, 4) is 0 Å². The lowest BCUT2D eigenvalue weighted by atomic mass is 10.0. The second-order valence-electron chi connectivity index (χ2n) is 3.20. The summed E-state index contributed by atoms with van der Waals surface area (Å²) in [5.41, 5.74) is 6.57. The molecule has 2 N–H and O–H groups in total. The van der Waals surface area contributed by atoms with Crippen LogP contribution in [0.5, 0.6) is 0 Å². The summed E-state index contributed by atoms with van der Waals surface area (Å²) in [6, 6.07) is 7.32. The SMILES string of the molecule is Cc1ccccc1C(=O)CCC(N)=O. The molecule has 1 amide bonds. The predicted molar refractivity (Wildman–Crippen MR) is 53.9 cm³/mol. The van der Waals surface area contributed by atoms with Crippen LogP contribution in [0.25, 0.3) is 0 Å². The molecule has 0 bridgehead atoms. The number of carbonyl (C=O) groups excluding carboxylic acids is 2. The highest BCUT2D eigenvalue weighted by molar-refractivity contribution is 5.98. The third kappa shape index (κ3) is 2.69. The minimum Gasteiger partial charge on any atom is -0.370 e. The summed E-state index contributed by atoms with van der Waals surface area (Å²) in [6.45, 7) is 1.87. The largest absolute Gasteiger partial charge is 0.370 e. The average molecular weight is 191 g/mol. The first-order valence-electron chi connectivity index (χ1n) is 4.48. The zero-order valence-electron chi connectivity index (χ0n) is 8.12. The molecule has 0 spiro atoms. The van der Waals surface area contributed by atoms with Crippen molar-refractivity contribution < 1.29 is 9.59 Å². The highest BCUT2D eigenvalue weighted by Crippen LogP contribution is 2.10. The Labute approximate surface area is 82.9 Å². The summed E-state index contributed by atoms with van der Waals surface area (Å²) in [4.78, 5) is 22.1. The first-order valence-corrected chi connectivity index (χ1v) is 4.48. The van der Waals surface area contributed by atoms with E-state index in [9.17, 15) is 9.59 Å². The number of aryl methyl sites for hydroxylation is 1. The smallest absolute Gasteiger partial charge is 0.217 e. The van der Waals surface area contributed by atoms with Crippen LogP contribution in [-0.4, -0.2) is 11.7 Å². The van der Waals surface area contributed by atoms with Crippen LogP contribution in [0.3, 0.4) is 0 Å². The lowest BCUT2D eigenvalue weighted by Crippen LogP contribution is -2.13. The van der Waals surface area contributed by atoms with Gasteiger partial charge in [0.15, 0.2) is 5.78 Å². The van der Waals surface area contributed by atoms with Gasteiger partial charge in [0.1, 0.15) is 0 Å². The molecule has 0 aromatic heterocycles. The van der Waals surface area contributed by atoms with E-state index >= 15 is 0 Å². The van der Waals surface area contributed by atoms with Gasteiger partial charge < -0.3 is 5.73 Å². The maximum absolute atomic E-state index is 11.6. The molecular weight excluding hydrogens is 178 g/mol. The fraction of sp³-hybridized carbons (Fsp3) is 0.273. The summed E-state index contributed by atoms with van der Waals surface area (Å²) in [7, 11) is 0. The van der Waals surface area contributed by atoms with Crippen LogP contribution in [-0.2, 0) is 4.79 Å². The fourth-order valence-corrected chi connectivity index (χ4v) is 1.26. The molecule has 0 aliphatic heterocycles. The molecule has 0 aliphatic rings. The van der Waals surface area contributed by atoms with Crippen molar-refractivity contribution in [3.05, 3.63) is 35.4 Å². The van der Waals surface area contributed by atoms with Crippen LogP contribution in [0.15, 0.2) is 24.3 Å². The van der Waals surface area contributed by atoms with E-state index < -0.39 is 5.91 Å². The van der Waals surface area contributed by atoms with Crippen LogP contribution in [0.2, 0.25) is 0 Å². The van der Waals surface area contributed by atoms with E-state index in [1.807, 2.05) is 25.1 Å². The monoisotopic (exact) mass is 191 g/mol. The molecule has 1 aromatic rings. The Morgan fingerprint density at radius 2 is 1.86 bits per heavy atom. The highest BCUT2D eigenvalue weighted by Gasteiger charge is 2.08. The van der Waals surface area contributed by atoms with Crippen LogP contribution in [0, 0.1) is 6.92 Å². The van der Waals surface area contributed by atoms with Crippen LogP contribution in [0.4, 0.5) is 0 Å². The topological polar surface area (TPSA) is 60.2 Å². The molecule has 0 saturated heterocycles. The van der Waals surface area contributed by atoms with Gasteiger partial charge in [-0.3, -0.25) is 9.59 Å². The van der Waals surface area contributed by atoms with Crippen molar-refractivity contribution in [1.82, 2.24) is 0 Å². The number of benzene rings is 1. The second-order valence-corrected chi connectivity index (χ2v) is 3.20. The minimum atomic E-state index is -0.438. The molecule has 1 aromatic carbocycles. The summed E-state index contributed by atoms with van der Waals surface area (Å²) in [6.07, 6.45) is 0.313. The molecule has 0 heterocycles. The lowest BCUT2D eigenvalue weighted by molar-refractivity contribution is -0.118. The second kappa shape index (κ2) is 4.56. The number of nitrogens with two attached hydrogens (primary N) is 1. The number of ketones is 1. The fourth-order valence-electron chi connectivity index (χ4n) is 1.26. The van der Waals surface area contributed by atoms with Crippen molar-refractivity contribution >= 4 is 11.7 Å². The molecule has 0 saturated carbocycles. The number of hydrogen-bond acceptors (Lipinski definition) is 2. The lowest BCUT2D eigenvalue weighted by Gasteiger charge is -2.02. The minimum absolute atomic E-state index is 0.0260. The van der Waals surface area contributed by atoms with E-state index in [0.29, 0.717) is 5.56 Å². The first kappa shape index (κ1) is 10.4.